The van der Waals surface area contributed by atoms with Crippen LogP contribution in [-0.2, 0) is 0 Å². The monoisotopic (exact) mass is 230 g/mol. The van der Waals surface area contributed by atoms with Gasteiger partial charge in [0.15, 0.2) is 11.6 Å². The molecule has 5 heteroatoms. The Balaban J connectivity index is 2.61. The van der Waals surface area contributed by atoms with Crippen molar-refractivity contribution >= 4 is 17.4 Å². The van der Waals surface area contributed by atoms with Crippen molar-refractivity contribution in [1.29, 1.82) is 0 Å². The third-order valence-corrected chi connectivity index (χ3v) is 3.40. The quantitative estimate of drug-likeness (QED) is 0.779. The molecule has 0 fully saturated rings. The number of nitrogens with two attached hydrogens (primary N) is 1. The summed E-state index contributed by atoms with van der Waals surface area (Å²) < 4.78 is 26.7. The molecule has 1 aliphatic heterocycles. The van der Waals surface area contributed by atoms with Gasteiger partial charge in [-0.3, -0.25) is 0 Å². The van der Waals surface area contributed by atoms with Crippen molar-refractivity contribution in [2.75, 3.05) is 5.32 Å². The van der Waals surface area contributed by atoms with Crippen molar-refractivity contribution in [2.24, 2.45) is 5.73 Å². The highest BCUT2D eigenvalue weighted by Gasteiger charge is 2.27. The normalized spacial score (nSPS) is 19.2. The van der Waals surface area contributed by atoms with Crippen molar-refractivity contribution in [2.45, 2.75) is 30.2 Å². The van der Waals surface area contributed by atoms with Crippen molar-refractivity contribution in [3.8, 4) is 0 Å². The molecule has 82 valence electrons. The van der Waals surface area contributed by atoms with Crippen molar-refractivity contribution < 1.29 is 8.78 Å². The lowest BCUT2D eigenvalue weighted by atomic mass is 10.0. The first-order valence-electron chi connectivity index (χ1n) is 4.71. The van der Waals surface area contributed by atoms with Gasteiger partial charge in [0.1, 0.15) is 5.50 Å². The van der Waals surface area contributed by atoms with E-state index in [1.807, 2.05) is 13.8 Å². The summed E-state index contributed by atoms with van der Waals surface area (Å²) in [6.45, 7) is 3.88. The zero-order valence-corrected chi connectivity index (χ0v) is 9.29. The fraction of sp³-hybridized carbons (Fsp3) is 0.400. The molecule has 1 atom stereocenters. The van der Waals surface area contributed by atoms with Crippen LogP contribution < -0.4 is 11.1 Å². The lowest BCUT2D eigenvalue weighted by Gasteiger charge is -2.11. The predicted molar refractivity (Wildman–Crippen MR) is 57.9 cm³/mol. The van der Waals surface area contributed by atoms with Crippen LogP contribution in [0.5, 0.6) is 0 Å². The Hall–Kier alpha value is -0.810. The van der Waals surface area contributed by atoms with Crippen LogP contribution in [0.1, 0.15) is 25.3 Å². The fourth-order valence-electron chi connectivity index (χ4n) is 1.61. The Kier molecular flexibility index (Phi) is 2.60. The van der Waals surface area contributed by atoms with Crippen molar-refractivity contribution in [3.05, 3.63) is 23.3 Å². The second kappa shape index (κ2) is 3.64. The molecule has 0 bridgehead atoms. The van der Waals surface area contributed by atoms with E-state index < -0.39 is 17.1 Å². The maximum absolute atomic E-state index is 13.4. The molecule has 1 heterocycles. The molecule has 0 spiro atoms. The zero-order valence-electron chi connectivity index (χ0n) is 8.47. The molecule has 1 aliphatic rings. The Morgan fingerprint density at radius 2 is 2.13 bits per heavy atom. The largest absolute Gasteiger partial charge is 0.358 e. The minimum absolute atomic E-state index is 0.147. The molecule has 1 aromatic carbocycles. The number of anilines is 1. The minimum atomic E-state index is -0.838. The van der Waals surface area contributed by atoms with E-state index in [9.17, 15) is 8.78 Å². The fourth-order valence-corrected chi connectivity index (χ4v) is 2.74. The van der Waals surface area contributed by atoms with E-state index in [1.165, 1.54) is 17.8 Å². The van der Waals surface area contributed by atoms with E-state index in [0.29, 0.717) is 0 Å². The van der Waals surface area contributed by atoms with Gasteiger partial charge in [-0.15, -0.1) is 0 Å². The molecule has 0 radical (unpaired) electrons. The number of benzene rings is 1. The van der Waals surface area contributed by atoms with E-state index in [2.05, 4.69) is 5.32 Å². The highest BCUT2D eigenvalue weighted by atomic mass is 32.2. The maximum atomic E-state index is 13.4. The lowest BCUT2D eigenvalue weighted by Crippen LogP contribution is -2.21. The Labute approximate surface area is 91.2 Å². The van der Waals surface area contributed by atoms with Gasteiger partial charge in [0, 0.05) is 4.90 Å². The Morgan fingerprint density at radius 3 is 2.73 bits per heavy atom. The van der Waals surface area contributed by atoms with E-state index in [0.717, 1.165) is 10.5 Å². The van der Waals surface area contributed by atoms with Gasteiger partial charge >= 0.3 is 0 Å². The smallest absolute Gasteiger partial charge is 0.183 e. The molecule has 1 aromatic rings. The summed E-state index contributed by atoms with van der Waals surface area (Å²) in [5.74, 6) is -1.51. The van der Waals surface area contributed by atoms with Gasteiger partial charge in [0.05, 0.1) is 5.69 Å². The molecular weight excluding hydrogens is 218 g/mol. The number of halogens is 2. The number of rotatable bonds is 1. The van der Waals surface area contributed by atoms with Crippen LogP contribution >= 0.6 is 11.8 Å². The van der Waals surface area contributed by atoms with Crippen LogP contribution in [0, 0.1) is 11.6 Å². The predicted octanol–water partition coefficient (Wildman–Crippen LogP) is 2.85. The number of fused-ring (bicyclic) bond motifs is 1. The molecule has 0 aliphatic carbocycles. The number of hydrogen-bond donors (Lipinski definition) is 2. The van der Waals surface area contributed by atoms with Crippen molar-refractivity contribution in [3.63, 3.8) is 0 Å². The summed E-state index contributed by atoms with van der Waals surface area (Å²) in [5.41, 5.74) is 6.25. The number of thioether (sulfide) groups is 1. The Bertz CT molecular complexity index is 407. The second-order valence-corrected chi connectivity index (χ2v) is 4.96. The topological polar surface area (TPSA) is 38.0 Å². The average molecular weight is 230 g/mol. The van der Waals surface area contributed by atoms with Crippen LogP contribution in [0.4, 0.5) is 14.5 Å². The zero-order chi connectivity index (χ0) is 11.2. The first-order valence-corrected chi connectivity index (χ1v) is 5.59. The summed E-state index contributed by atoms with van der Waals surface area (Å²) in [4.78, 5) is 0.733. The van der Waals surface area contributed by atoms with E-state index in [1.54, 1.807) is 0 Å². The molecule has 0 saturated carbocycles. The van der Waals surface area contributed by atoms with Crippen LogP contribution in [-0.4, -0.2) is 5.50 Å². The van der Waals surface area contributed by atoms with Gasteiger partial charge in [-0.05, 0) is 17.5 Å². The summed E-state index contributed by atoms with van der Waals surface area (Å²) in [7, 11) is 0. The van der Waals surface area contributed by atoms with Gasteiger partial charge in [-0.1, -0.05) is 25.6 Å². The highest BCUT2D eigenvalue weighted by Crippen LogP contribution is 2.43. The lowest BCUT2D eigenvalue weighted by molar-refractivity contribution is 0.506. The maximum Gasteiger partial charge on any atom is 0.183 e. The SMILES string of the molecule is CC(C)c1cc(F)c(F)c2c1SC(N)N2. The van der Waals surface area contributed by atoms with Crippen LogP contribution in [0.3, 0.4) is 0 Å². The first-order chi connectivity index (χ1) is 7.00. The van der Waals surface area contributed by atoms with E-state index in [4.69, 9.17) is 5.73 Å². The van der Waals surface area contributed by atoms with E-state index >= 15 is 0 Å². The van der Waals surface area contributed by atoms with Gasteiger partial charge in [0.25, 0.3) is 0 Å². The molecule has 2 nitrogen and oxygen atoms in total. The summed E-state index contributed by atoms with van der Waals surface area (Å²) in [6.07, 6.45) is 0. The van der Waals surface area contributed by atoms with E-state index in [-0.39, 0.29) is 11.6 Å². The molecule has 0 aromatic heterocycles. The molecule has 2 rings (SSSR count). The summed E-state index contributed by atoms with van der Waals surface area (Å²) >= 11 is 1.33. The molecule has 3 N–H and O–H groups in total. The first kappa shape index (κ1) is 10.7. The highest BCUT2D eigenvalue weighted by molar-refractivity contribution is 8.00. The minimum Gasteiger partial charge on any atom is -0.358 e. The van der Waals surface area contributed by atoms with Gasteiger partial charge in [-0.25, -0.2) is 8.78 Å². The van der Waals surface area contributed by atoms with Crippen LogP contribution in [0.25, 0.3) is 0 Å². The molecular formula is C10H12F2N2S. The Morgan fingerprint density at radius 1 is 1.47 bits per heavy atom. The molecule has 0 saturated heterocycles. The van der Waals surface area contributed by atoms with Gasteiger partial charge < -0.3 is 11.1 Å². The number of nitrogens with one attached hydrogen (secondary N) is 1. The molecule has 1 unspecified atom stereocenters. The summed E-state index contributed by atoms with van der Waals surface area (Å²) in [5, 5.41) is 2.73. The molecule has 0 amide bonds. The molecule has 15 heavy (non-hydrogen) atoms. The standard InChI is InChI=1S/C10H12F2N2S/c1-4(2)5-3-6(11)7(12)8-9(5)15-10(13)14-8/h3-4,10,14H,13H2,1-2H3. The third kappa shape index (κ3) is 1.70. The van der Waals surface area contributed by atoms with Crippen molar-refractivity contribution in [1.82, 2.24) is 0 Å². The average Bonchev–Trinajstić information content (AvgIpc) is 2.53. The van der Waals surface area contributed by atoms with Gasteiger partial charge in [-0.2, -0.15) is 0 Å². The number of hydrogen-bond acceptors (Lipinski definition) is 3. The van der Waals surface area contributed by atoms with Crippen LogP contribution in [0.2, 0.25) is 0 Å². The second-order valence-electron chi connectivity index (χ2n) is 3.80. The third-order valence-electron chi connectivity index (χ3n) is 2.35. The van der Waals surface area contributed by atoms with Gasteiger partial charge in [0.2, 0.25) is 0 Å². The van der Waals surface area contributed by atoms with Crippen LogP contribution in [0.15, 0.2) is 11.0 Å². The summed E-state index contributed by atoms with van der Waals surface area (Å²) in [6, 6.07) is 1.26.